The number of carboxylic acids is 1. The highest BCUT2D eigenvalue weighted by molar-refractivity contribution is 7.90. The number of carboxylic acid groups (broad SMARTS) is 1. The van der Waals surface area contributed by atoms with Gasteiger partial charge in [0.15, 0.2) is 11.5 Å². The number of sulfone groups is 1. The molecule has 3 N–H and O–H groups in total. The fourth-order valence-electron chi connectivity index (χ4n) is 4.04. The summed E-state index contributed by atoms with van der Waals surface area (Å²) < 4.78 is 23.5. The molecule has 1 atom stereocenters. The SMILES string of the molecule is CS(=O)(=O)CCN(CCCCc1ccc2c(n1)NCCC2)CCC(Nc1nccnc1C#N)C(=O)O. The molecular formula is C24H33N7O4S. The number of pyridine rings is 1. The third-order valence-corrected chi connectivity index (χ3v) is 6.96. The van der Waals surface area contributed by atoms with E-state index in [0.717, 1.165) is 50.2 Å². The molecule has 0 saturated heterocycles. The van der Waals surface area contributed by atoms with Gasteiger partial charge in [-0.1, -0.05) is 6.07 Å². The Morgan fingerprint density at radius 3 is 2.81 bits per heavy atom. The first kappa shape index (κ1) is 27.3. The summed E-state index contributed by atoms with van der Waals surface area (Å²) >= 11 is 0. The van der Waals surface area contributed by atoms with Crippen LogP contribution in [0.2, 0.25) is 0 Å². The van der Waals surface area contributed by atoms with E-state index in [1.165, 1.54) is 24.2 Å². The molecule has 0 aliphatic carbocycles. The van der Waals surface area contributed by atoms with Crippen molar-refractivity contribution in [3.05, 3.63) is 41.5 Å². The summed E-state index contributed by atoms with van der Waals surface area (Å²) in [7, 11) is -3.16. The van der Waals surface area contributed by atoms with Gasteiger partial charge in [0.1, 0.15) is 27.8 Å². The number of hydrogen-bond acceptors (Lipinski definition) is 10. The summed E-state index contributed by atoms with van der Waals surface area (Å²) in [6.07, 6.45) is 8.84. The van der Waals surface area contributed by atoms with E-state index >= 15 is 0 Å². The number of nitriles is 1. The predicted octanol–water partition coefficient (Wildman–Crippen LogP) is 1.73. The summed E-state index contributed by atoms with van der Waals surface area (Å²) in [4.78, 5) is 26.4. The van der Waals surface area contributed by atoms with Crippen LogP contribution in [-0.4, -0.2) is 83.6 Å². The first-order valence-corrected chi connectivity index (χ1v) is 14.1. The fourth-order valence-corrected chi connectivity index (χ4v) is 4.63. The molecule has 0 aromatic carbocycles. The van der Waals surface area contributed by atoms with Crippen LogP contribution in [0.25, 0.3) is 0 Å². The lowest BCUT2D eigenvalue weighted by Gasteiger charge is -2.24. The molecule has 194 valence electrons. The molecule has 3 heterocycles. The van der Waals surface area contributed by atoms with Gasteiger partial charge in [0, 0.05) is 44.0 Å². The van der Waals surface area contributed by atoms with Crippen molar-refractivity contribution in [1.82, 2.24) is 19.9 Å². The highest BCUT2D eigenvalue weighted by atomic mass is 32.2. The van der Waals surface area contributed by atoms with Crippen LogP contribution in [0.5, 0.6) is 0 Å². The van der Waals surface area contributed by atoms with Gasteiger partial charge in [-0.2, -0.15) is 5.26 Å². The number of unbranched alkanes of at least 4 members (excludes halogenated alkanes) is 1. The van der Waals surface area contributed by atoms with Gasteiger partial charge in [-0.25, -0.2) is 28.2 Å². The third kappa shape index (κ3) is 8.73. The number of aromatic nitrogens is 3. The Balaban J connectivity index is 1.55. The van der Waals surface area contributed by atoms with Gasteiger partial charge in [0.05, 0.1) is 5.75 Å². The Kier molecular flexibility index (Phi) is 9.95. The van der Waals surface area contributed by atoms with E-state index in [4.69, 9.17) is 4.98 Å². The summed E-state index contributed by atoms with van der Waals surface area (Å²) in [5.74, 6) is 0.00380. The molecular weight excluding hydrogens is 482 g/mol. The molecule has 1 aliphatic heterocycles. The second-order valence-electron chi connectivity index (χ2n) is 8.96. The molecule has 3 rings (SSSR count). The van der Waals surface area contributed by atoms with Gasteiger partial charge < -0.3 is 20.6 Å². The second-order valence-corrected chi connectivity index (χ2v) is 11.2. The minimum atomic E-state index is -3.16. The van der Waals surface area contributed by atoms with E-state index < -0.39 is 21.8 Å². The first-order valence-electron chi connectivity index (χ1n) is 12.1. The molecule has 11 nitrogen and oxygen atoms in total. The zero-order valence-electron chi connectivity index (χ0n) is 20.5. The van der Waals surface area contributed by atoms with E-state index in [0.29, 0.717) is 19.6 Å². The number of anilines is 2. The quantitative estimate of drug-likeness (QED) is 0.314. The van der Waals surface area contributed by atoms with E-state index in [-0.39, 0.29) is 23.7 Å². The molecule has 36 heavy (non-hydrogen) atoms. The van der Waals surface area contributed by atoms with Crippen LogP contribution >= 0.6 is 0 Å². The molecule has 12 heteroatoms. The highest BCUT2D eigenvalue weighted by Crippen LogP contribution is 2.20. The third-order valence-electron chi connectivity index (χ3n) is 6.03. The average Bonchev–Trinajstić information content (AvgIpc) is 2.86. The Morgan fingerprint density at radius 1 is 1.25 bits per heavy atom. The maximum absolute atomic E-state index is 11.8. The zero-order valence-corrected chi connectivity index (χ0v) is 21.3. The lowest BCUT2D eigenvalue weighted by Crippen LogP contribution is -2.37. The van der Waals surface area contributed by atoms with E-state index in [1.807, 2.05) is 11.0 Å². The molecule has 1 unspecified atom stereocenters. The van der Waals surface area contributed by atoms with E-state index in [2.05, 4.69) is 32.7 Å². The smallest absolute Gasteiger partial charge is 0.326 e. The van der Waals surface area contributed by atoms with Crippen molar-refractivity contribution >= 4 is 27.4 Å². The Labute approximate surface area is 211 Å². The number of rotatable bonds is 14. The number of aliphatic carboxylic acids is 1. The fraction of sp³-hybridized carbons (Fsp3) is 0.542. The first-order chi connectivity index (χ1) is 17.2. The van der Waals surface area contributed by atoms with Gasteiger partial charge in [-0.3, -0.25) is 0 Å². The zero-order chi connectivity index (χ0) is 26.0. The number of nitrogens with one attached hydrogen (secondary N) is 2. The lowest BCUT2D eigenvalue weighted by molar-refractivity contribution is -0.138. The van der Waals surface area contributed by atoms with Crippen molar-refractivity contribution in [2.45, 2.75) is 44.6 Å². The number of nitrogens with zero attached hydrogens (tertiary/aromatic N) is 5. The van der Waals surface area contributed by atoms with Crippen molar-refractivity contribution in [3.63, 3.8) is 0 Å². The minimum absolute atomic E-state index is 0.00104. The molecule has 2 aromatic rings. The summed E-state index contributed by atoms with van der Waals surface area (Å²) in [6.45, 7) is 2.28. The Hall–Kier alpha value is -3.30. The van der Waals surface area contributed by atoms with Gasteiger partial charge in [0.25, 0.3) is 0 Å². The van der Waals surface area contributed by atoms with Gasteiger partial charge >= 0.3 is 5.97 Å². The highest BCUT2D eigenvalue weighted by Gasteiger charge is 2.21. The van der Waals surface area contributed by atoms with Crippen LogP contribution in [0.15, 0.2) is 24.5 Å². The van der Waals surface area contributed by atoms with Crippen molar-refractivity contribution in [2.75, 3.05) is 48.8 Å². The van der Waals surface area contributed by atoms with Crippen LogP contribution in [-0.2, 0) is 27.5 Å². The summed E-state index contributed by atoms with van der Waals surface area (Å²) in [6, 6.07) is 5.10. The van der Waals surface area contributed by atoms with Crippen molar-refractivity contribution < 1.29 is 18.3 Å². The molecule has 1 aliphatic rings. The van der Waals surface area contributed by atoms with Crippen LogP contribution in [0.3, 0.4) is 0 Å². The van der Waals surface area contributed by atoms with Gasteiger partial charge in [-0.15, -0.1) is 0 Å². The molecule has 2 aromatic heterocycles. The average molecular weight is 516 g/mol. The second kappa shape index (κ2) is 13.1. The Morgan fingerprint density at radius 2 is 2.06 bits per heavy atom. The van der Waals surface area contributed by atoms with E-state index in [1.54, 1.807) is 0 Å². The van der Waals surface area contributed by atoms with E-state index in [9.17, 15) is 23.6 Å². The minimum Gasteiger partial charge on any atom is -0.480 e. The maximum Gasteiger partial charge on any atom is 0.326 e. The maximum atomic E-state index is 11.8. The molecule has 0 bridgehead atoms. The Bertz CT molecular complexity index is 1180. The monoisotopic (exact) mass is 515 g/mol. The van der Waals surface area contributed by atoms with Gasteiger partial charge in [0.2, 0.25) is 0 Å². The van der Waals surface area contributed by atoms with Crippen LogP contribution in [0, 0.1) is 11.3 Å². The normalized spacial score (nSPS) is 13.9. The van der Waals surface area contributed by atoms with Crippen LogP contribution in [0.4, 0.5) is 11.6 Å². The standard InChI is InChI=1S/C24H33N7O4S/c1-36(34,35)16-15-31(13-3-2-6-19-8-7-18-5-4-10-27-22(18)29-19)14-9-20(24(32)33)30-23-21(17-25)26-11-12-28-23/h7-8,11-12,20H,2-6,9-10,13-16H2,1H3,(H,27,29)(H,28,30)(H,32,33). The van der Waals surface area contributed by atoms with Crippen molar-refractivity contribution in [3.8, 4) is 6.07 Å². The number of hydrogen-bond donors (Lipinski definition) is 3. The molecule has 0 fully saturated rings. The van der Waals surface area contributed by atoms with Crippen molar-refractivity contribution in [2.24, 2.45) is 0 Å². The summed E-state index contributed by atoms with van der Waals surface area (Å²) in [5, 5.41) is 25.0. The molecule has 0 amide bonds. The molecule has 0 radical (unpaired) electrons. The number of fused-ring (bicyclic) bond motifs is 1. The van der Waals surface area contributed by atoms with Crippen LogP contribution < -0.4 is 10.6 Å². The number of carbonyl (C=O) groups is 1. The van der Waals surface area contributed by atoms with Crippen LogP contribution in [0.1, 0.15) is 42.6 Å². The lowest BCUT2D eigenvalue weighted by atomic mass is 10.1. The topological polar surface area (TPSA) is 161 Å². The number of aryl methyl sites for hydroxylation is 2. The molecule has 0 saturated carbocycles. The predicted molar refractivity (Wildman–Crippen MR) is 137 cm³/mol. The molecule has 0 spiro atoms. The van der Waals surface area contributed by atoms with Crippen molar-refractivity contribution in [1.29, 1.82) is 5.26 Å². The van der Waals surface area contributed by atoms with Gasteiger partial charge in [-0.05, 0) is 56.7 Å². The largest absolute Gasteiger partial charge is 0.480 e. The summed E-state index contributed by atoms with van der Waals surface area (Å²) in [5.41, 5.74) is 2.30.